The number of rotatable bonds is 6. The quantitative estimate of drug-likeness (QED) is 0.795. The van der Waals surface area contributed by atoms with Crippen LogP contribution in [0.1, 0.15) is 37.4 Å². The average Bonchev–Trinajstić information content (AvgIpc) is 2.89. The fourth-order valence-corrected chi connectivity index (χ4v) is 2.76. The summed E-state index contributed by atoms with van der Waals surface area (Å²) in [4.78, 5) is 10.7. The smallest absolute Gasteiger partial charge is 0.313 e. The summed E-state index contributed by atoms with van der Waals surface area (Å²) in [7, 11) is 0. The fraction of sp³-hybridized carbons (Fsp3) is 0.357. The molecule has 21 heavy (non-hydrogen) atoms. The molecule has 1 aromatic heterocycles. The van der Waals surface area contributed by atoms with Gasteiger partial charge >= 0.3 is 5.97 Å². The molecule has 0 fully saturated rings. The van der Waals surface area contributed by atoms with E-state index in [4.69, 9.17) is 5.11 Å². The molecule has 0 aliphatic rings. The Bertz CT molecular complexity index is 613. The van der Waals surface area contributed by atoms with E-state index >= 15 is 0 Å². The number of hydrogen-bond acceptors (Lipinski definition) is 5. The lowest BCUT2D eigenvalue weighted by atomic mass is 10.1. The third-order valence-electron chi connectivity index (χ3n) is 2.89. The van der Waals surface area contributed by atoms with Crippen LogP contribution in [0, 0.1) is 0 Å². The second-order valence-electron chi connectivity index (χ2n) is 4.80. The first-order valence-electron chi connectivity index (χ1n) is 6.53. The van der Waals surface area contributed by atoms with Crippen LogP contribution >= 0.6 is 11.8 Å². The van der Waals surface area contributed by atoms with Gasteiger partial charge in [0.1, 0.15) is 6.10 Å². The maximum Gasteiger partial charge on any atom is 0.313 e. The third-order valence-corrected chi connectivity index (χ3v) is 3.82. The van der Waals surface area contributed by atoms with Crippen molar-refractivity contribution in [2.24, 2.45) is 0 Å². The van der Waals surface area contributed by atoms with Crippen LogP contribution in [-0.2, 0) is 4.79 Å². The van der Waals surface area contributed by atoms with Gasteiger partial charge in [-0.1, -0.05) is 42.1 Å². The Morgan fingerprint density at radius 3 is 2.52 bits per heavy atom. The normalized spacial score (nSPS) is 12.6. The van der Waals surface area contributed by atoms with Crippen molar-refractivity contribution >= 4 is 17.7 Å². The summed E-state index contributed by atoms with van der Waals surface area (Å²) in [5, 5.41) is 27.8. The predicted molar refractivity (Wildman–Crippen MR) is 79.3 cm³/mol. The van der Waals surface area contributed by atoms with Crippen molar-refractivity contribution in [3.63, 3.8) is 0 Å². The monoisotopic (exact) mass is 307 g/mol. The average molecular weight is 307 g/mol. The SMILES string of the molecule is CC(C)n1c(SCC(=O)O)nnc1C(O)c1ccccc1. The molecule has 0 bridgehead atoms. The van der Waals surface area contributed by atoms with Gasteiger partial charge in [0.2, 0.25) is 0 Å². The zero-order valence-electron chi connectivity index (χ0n) is 11.8. The molecule has 0 aliphatic carbocycles. The molecule has 1 heterocycles. The highest BCUT2D eigenvalue weighted by atomic mass is 32.2. The number of aromatic nitrogens is 3. The summed E-state index contributed by atoms with van der Waals surface area (Å²) in [5.41, 5.74) is 0.724. The molecule has 0 amide bonds. The molecule has 0 saturated heterocycles. The Morgan fingerprint density at radius 1 is 1.29 bits per heavy atom. The highest BCUT2D eigenvalue weighted by Crippen LogP contribution is 2.27. The van der Waals surface area contributed by atoms with E-state index in [2.05, 4.69) is 10.2 Å². The standard InChI is InChI=1S/C14H17N3O3S/c1-9(2)17-13(12(20)10-6-4-3-5-7-10)15-16-14(17)21-8-11(18)19/h3-7,9,12,20H,8H2,1-2H3,(H,18,19). The molecular formula is C14H17N3O3S. The summed E-state index contributed by atoms with van der Waals surface area (Å²) in [5.74, 6) is -0.584. The summed E-state index contributed by atoms with van der Waals surface area (Å²) < 4.78 is 1.77. The van der Waals surface area contributed by atoms with E-state index in [1.54, 1.807) is 4.57 Å². The molecule has 0 spiro atoms. The summed E-state index contributed by atoms with van der Waals surface area (Å²) in [6.07, 6.45) is -0.889. The first-order chi connectivity index (χ1) is 10.0. The van der Waals surface area contributed by atoms with E-state index in [0.717, 1.165) is 17.3 Å². The minimum atomic E-state index is -0.913. The summed E-state index contributed by atoms with van der Waals surface area (Å²) in [6, 6.07) is 9.20. The van der Waals surface area contributed by atoms with Gasteiger partial charge in [-0.3, -0.25) is 4.79 Å². The van der Waals surface area contributed by atoms with E-state index in [1.807, 2.05) is 44.2 Å². The van der Waals surface area contributed by atoms with Gasteiger partial charge in [-0.25, -0.2) is 0 Å². The number of aliphatic hydroxyl groups is 1. The van der Waals surface area contributed by atoms with Crippen LogP contribution in [0.5, 0.6) is 0 Å². The molecule has 1 atom stereocenters. The molecule has 7 heteroatoms. The fourth-order valence-electron chi connectivity index (χ4n) is 1.97. The van der Waals surface area contributed by atoms with Crippen LogP contribution in [-0.4, -0.2) is 36.7 Å². The van der Waals surface area contributed by atoms with Gasteiger partial charge < -0.3 is 14.8 Å². The second-order valence-corrected chi connectivity index (χ2v) is 5.74. The minimum Gasteiger partial charge on any atom is -0.481 e. The molecule has 2 N–H and O–H groups in total. The lowest BCUT2D eigenvalue weighted by molar-refractivity contribution is -0.133. The number of thioether (sulfide) groups is 1. The molecule has 0 radical (unpaired) electrons. The number of aliphatic carboxylic acids is 1. The van der Waals surface area contributed by atoms with Crippen molar-refractivity contribution in [1.29, 1.82) is 0 Å². The predicted octanol–water partition coefficient (Wildman–Crippen LogP) is 2.12. The van der Waals surface area contributed by atoms with Gasteiger partial charge in [-0.2, -0.15) is 0 Å². The van der Waals surface area contributed by atoms with Crippen LogP contribution in [0.15, 0.2) is 35.5 Å². The van der Waals surface area contributed by atoms with E-state index in [9.17, 15) is 9.90 Å². The van der Waals surface area contributed by atoms with Crippen LogP contribution in [0.4, 0.5) is 0 Å². The Balaban J connectivity index is 2.33. The third kappa shape index (κ3) is 3.62. The van der Waals surface area contributed by atoms with Gasteiger partial charge in [0.25, 0.3) is 0 Å². The first kappa shape index (κ1) is 15.5. The number of benzene rings is 1. The van der Waals surface area contributed by atoms with Gasteiger partial charge in [-0.05, 0) is 19.4 Å². The largest absolute Gasteiger partial charge is 0.481 e. The van der Waals surface area contributed by atoms with Crippen molar-refractivity contribution in [2.75, 3.05) is 5.75 Å². The van der Waals surface area contributed by atoms with Crippen LogP contribution in [0.3, 0.4) is 0 Å². The number of hydrogen-bond donors (Lipinski definition) is 2. The molecule has 0 saturated carbocycles. The molecular weight excluding hydrogens is 290 g/mol. The van der Waals surface area contributed by atoms with Gasteiger partial charge in [0.15, 0.2) is 11.0 Å². The topological polar surface area (TPSA) is 88.2 Å². The maximum atomic E-state index is 10.7. The van der Waals surface area contributed by atoms with E-state index in [-0.39, 0.29) is 11.8 Å². The molecule has 1 unspecified atom stereocenters. The highest BCUT2D eigenvalue weighted by molar-refractivity contribution is 7.99. The van der Waals surface area contributed by atoms with Crippen LogP contribution < -0.4 is 0 Å². The van der Waals surface area contributed by atoms with Crippen molar-refractivity contribution in [3.8, 4) is 0 Å². The van der Waals surface area contributed by atoms with Crippen LogP contribution in [0.25, 0.3) is 0 Å². The number of nitrogens with zero attached hydrogens (tertiary/aromatic N) is 3. The Morgan fingerprint density at radius 2 is 1.95 bits per heavy atom. The Hall–Kier alpha value is -1.86. The molecule has 6 nitrogen and oxygen atoms in total. The number of carboxylic acid groups (broad SMARTS) is 1. The Labute approximate surface area is 126 Å². The molecule has 112 valence electrons. The lowest BCUT2D eigenvalue weighted by Crippen LogP contribution is -2.13. The zero-order valence-corrected chi connectivity index (χ0v) is 12.6. The van der Waals surface area contributed by atoms with Crippen molar-refractivity contribution < 1.29 is 15.0 Å². The first-order valence-corrected chi connectivity index (χ1v) is 7.51. The second kappa shape index (κ2) is 6.73. The van der Waals surface area contributed by atoms with Crippen molar-refractivity contribution in [1.82, 2.24) is 14.8 Å². The minimum absolute atomic E-state index is 0.0182. The highest BCUT2D eigenvalue weighted by Gasteiger charge is 2.22. The summed E-state index contributed by atoms with van der Waals surface area (Å²) >= 11 is 1.10. The van der Waals surface area contributed by atoms with E-state index in [0.29, 0.717) is 11.0 Å². The molecule has 0 aliphatic heterocycles. The molecule has 1 aromatic carbocycles. The van der Waals surface area contributed by atoms with E-state index < -0.39 is 12.1 Å². The zero-order chi connectivity index (χ0) is 15.4. The number of aliphatic hydroxyl groups excluding tert-OH is 1. The van der Waals surface area contributed by atoms with Gasteiger partial charge in [-0.15, -0.1) is 10.2 Å². The van der Waals surface area contributed by atoms with Crippen LogP contribution in [0.2, 0.25) is 0 Å². The van der Waals surface area contributed by atoms with Crippen molar-refractivity contribution in [2.45, 2.75) is 31.1 Å². The molecule has 2 rings (SSSR count). The van der Waals surface area contributed by atoms with Gasteiger partial charge in [0.05, 0.1) is 5.75 Å². The Kier molecular flexibility index (Phi) is 4.98. The lowest BCUT2D eigenvalue weighted by Gasteiger charge is -2.17. The van der Waals surface area contributed by atoms with Crippen molar-refractivity contribution in [3.05, 3.63) is 41.7 Å². The summed E-state index contributed by atoms with van der Waals surface area (Å²) in [6.45, 7) is 3.88. The van der Waals surface area contributed by atoms with Gasteiger partial charge in [0, 0.05) is 6.04 Å². The molecule has 2 aromatic rings. The number of carbonyl (C=O) groups is 1. The van der Waals surface area contributed by atoms with E-state index in [1.165, 1.54) is 0 Å². The maximum absolute atomic E-state index is 10.7. The number of carboxylic acids is 1.